The third-order valence-electron chi connectivity index (χ3n) is 4.47. The van der Waals surface area contributed by atoms with Gasteiger partial charge in [-0.15, -0.1) is 0 Å². The maximum atomic E-state index is 12.3. The van der Waals surface area contributed by atoms with Gasteiger partial charge >= 0.3 is 126 Å². The van der Waals surface area contributed by atoms with Gasteiger partial charge in [0.25, 0.3) is 0 Å². The zero-order valence-electron chi connectivity index (χ0n) is 15.4. The van der Waals surface area contributed by atoms with Crippen LogP contribution in [-0.4, -0.2) is 72.3 Å². The summed E-state index contributed by atoms with van der Waals surface area (Å²) in [6.45, 7) is 0.422. The molecule has 11 heteroatoms. The van der Waals surface area contributed by atoms with E-state index >= 15 is 0 Å². The molecule has 1 aliphatic rings. The summed E-state index contributed by atoms with van der Waals surface area (Å²) in [7, 11) is 2.23. The summed E-state index contributed by atoms with van der Waals surface area (Å²) >= 11 is 0. The van der Waals surface area contributed by atoms with Crippen molar-refractivity contribution in [2.24, 2.45) is 5.73 Å². The van der Waals surface area contributed by atoms with Crippen LogP contribution in [0.25, 0.3) is 0 Å². The van der Waals surface area contributed by atoms with Crippen molar-refractivity contribution in [2.75, 3.05) is 20.1 Å². The number of likely N-dealkylation sites (tertiary alicyclic amines) is 1. The maximum absolute atomic E-state index is 12.3. The molecule has 1 fully saturated rings. The van der Waals surface area contributed by atoms with Crippen LogP contribution in [-0.2, 0) is 20.7 Å². The van der Waals surface area contributed by atoms with E-state index in [2.05, 4.69) is 5.32 Å². The van der Waals surface area contributed by atoms with Crippen LogP contribution < -0.4 is 15.8 Å². The van der Waals surface area contributed by atoms with Crippen molar-refractivity contribution >= 4 is 24.9 Å². The molecule has 1 aliphatic heterocycles. The number of carboxylic acids is 1. The van der Waals surface area contributed by atoms with Crippen LogP contribution in [0.3, 0.4) is 0 Å². The molecule has 0 radical (unpaired) electrons. The van der Waals surface area contributed by atoms with Crippen molar-refractivity contribution in [3.63, 3.8) is 0 Å². The van der Waals surface area contributed by atoms with Gasteiger partial charge in [-0.1, -0.05) is 0 Å². The van der Waals surface area contributed by atoms with E-state index in [1.54, 1.807) is 7.05 Å². The topological polar surface area (TPSA) is 159 Å². The standard InChI is InChI=1S/C17H22BN3O7/c1-20-11(6-13(19)22)16(24)21-7-10(8-21)28-12-3-2-9(4-5-18-27)15(23)14(12)17(25)26/h2-3,10-11,20,23H,4-8H2,1H3,(H2,19,22)(H,25,26). The second-order valence-corrected chi connectivity index (χ2v) is 6.45. The molecule has 150 valence electrons. The monoisotopic (exact) mass is 391 g/mol. The van der Waals surface area contributed by atoms with E-state index < -0.39 is 29.8 Å². The van der Waals surface area contributed by atoms with E-state index in [4.69, 9.17) is 10.5 Å². The van der Waals surface area contributed by atoms with Crippen molar-refractivity contribution in [3.8, 4) is 11.5 Å². The van der Waals surface area contributed by atoms with Crippen LogP contribution in [0.2, 0.25) is 6.32 Å². The fourth-order valence-electron chi connectivity index (χ4n) is 2.94. The number of nitrogens with two attached hydrogens (primary N) is 1. The summed E-state index contributed by atoms with van der Waals surface area (Å²) in [4.78, 5) is 36.3. The number of aromatic carboxylic acids is 1. The molecule has 0 bridgehead atoms. The number of hydrogen-bond acceptors (Lipinski definition) is 7. The van der Waals surface area contributed by atoms with E-state index in [0.29, 0.717) is 12.7 Å². The molecule has 10 nitrogen and oxygen atoms in total. The Balaban J connectivity index is 2.04. The Morgan fingerprint density at radius 2 is 2.07 bits per heavy atom. The van der Waals surface area contributed by atoms with Crippen LogP contribution in [0.1, 0.15) is 22.3 Å². The average Bonchev–Trinajstić information content (AvgIpc) is 2.60. The number of phenols is 1. The van der Waals surface area contributed by atoms with E-state index in [9.17, 15) is 29.3 Å². The number of benzene rings is 1. The molecule has 1 unspecified atom stereocenters. The van der Waals surface area contributed by atoms with Gasteiger partial charge < -0.3 is 11.1 Å². The Hall–Kier alpha value is -2.95. The van der Waals surface area contributed by atoms with Gasteiger partial charge in [-0.25, -0.2) is 0 Å². The molecular formula is C17H22BN3O7. The molecule has 2 rings (SSSR count). The molecule has 0 aromatic heterocycles. The molecular weight excluding hydrogens is 369 g/mol. The number of likely N-dealkylation sites (N-methyl/N-ethyl adjacent to an activating group) is 1. The molecule has 2 amide bonds. The zero-order valence-corrected chi connectivity index (χ0v) is 15.4. The Labute approximate surface area is 161 Å². The van der Waals surface area contributed by atoms with Crippen molar-refractivity contribution in [3.05, 3.63) is 23.3 Å². The second-order valence-electron chi connectivity index (χ2n) is 6.45. The number of aryl methyl sites for hydroxylation is 1. The number of nitrogens with zero attached hydrogens (tertiary/aromatic N) is 1. The number of carbonyl (C=O) groups is 3. The quantitative estimate of drug-likeness (QED) is 0.376. The Morgan fingerprint density at radius 3 is 2.61 bits per heavy atom. The normalized spacial score (nSPS) is 14.7. The predicted molar refractivity (Wildman–Crippen MR) is 97.7 cm³/mol. The van der Waals surface area contributed by atoms with E-state index in [1.807, 2.05) is 0 Å². The fourth-order valence-corrected chi connectivity index (χ4v) is 2.94. The van der Waals surface area contributed by atoms with E-state index in [0.717, 1.165) is 0 Å². The predicted octanol–water partition coefficient (Wildman–Crippen LogP) is -0.846. The first kappa shape index (κ1) is 21.4. The van der Waals surface area contributed by atoms with Crippen LogP contribution in [0, 0.1) is 0 Å². The van der Waals surface area contributed by atoms with Crippen molar-refractivity contribution < 1.29 is 34.0 Å². The number of rotatable bonds is 10. The van der Waals surface area contributed by atoms with Crippen LogP contribution in [0.5, 0.6) is 11.5 Å². The van der Waals surface area contributed by atoms with Gasteiger partial charge in [0.05, 0.1) is 6.42 Å². The minimum atomic E-state index is -1.36. The summed E-state index contributed by atoms with van der Waals surface area (Å²) in [6.07, 6.45) is -0.207. The molecule has 1 heterocycles. The molecule has 5 N–H and O–H groups in total. The summed E-state index contributed by atoms with van der Waals surface area (Å²) in [5.74, 6) is -2.71. The third-order valence-corrected chi connectivity index (χ3v) is 4.47. The van der Waals surface area contributed by atoms with Gasteiger partial charge in [-0.05, 0) is 7.05 Å². The number of carboxylic acid groups (broad SMARTS) is 1. The SMILES string of the molecule is CNC(CC(N)=O)C(=O)N1CC(Oc2ccc(CCB=O)c(O)c2C(=O)O)C1. The molecule has 0 aliphatic carbocycles. The average molecular weight is 391 g/mol. The van der Waals surface area contributed by atoms with Crippen LogP contribution in [0.15, 0.2) is 12.1 Å². The van der Waals surface area contributed by atoms with Crippen molar-refractivity contribution in [1.82, 2.24) is 10.2 Å². The third kappa shape index (κ3) is 4.86. The molecule has 1 aromatic carbocycles. The van der Waals surface area contributed by atoms with Crippen LogP contribution >= 0.6 is 0 Å². The first-order chi connectivity index (χ1) is 13.3. The molecule has 1 saturated heterocycles. The molecule has 1 atom stereocenters. The molecule has 28 heavy (non-hydrogen) atoms. The van der Waals surface area contributed by atoms with Crippen molar-refractivity contribution in [1.29, 1.82) is 0 Å². The summed E-state index contributed by atoms with van der Waals surface area (Å²) in [6, 6.07) is 2.21. The van der Waals surface area contributed by atoms with Gasteiger partial charge in [-0.2, -0.15) is 0 Å². The molecule has 0 spiro atoms. The second kappa shape index (κ2) is 9.31. The zero-order chi connectivity index (χ0) is 20.8. The number of ether oxygens (including phenoxy) is 1. The Morgan fingerprint density at radius 1 is 1.39 bits per heavy atom. The summed E-state index contributed by atoms with van der Waals surface area (Å²) in [5.41, 5.74) is 5.08. The van der Waals surface area contributed by atoms with E-state index in [1.165, 1.54) is 17.0 Å². The first-order valence-electron chi connectivity index (χ1n) is 8.71. The summed E-state index contributed by atoms with van der Waals surface area (Å²) in [5, 5.41) is 22.3. The molecule has 1 aromatic rings. The number of primary amides is 1. The van der Waals surface area contributed by atoms with E-state index in [-0.39, 0.29) is 49.5 Å². The van der Waals surface area contributed by atoms with Gasteiger partial charge in [0.2, 0.25) is 5.91 Å². The minimum absolute atomic E-state index is 0.0146. The Bertz CT molecular complexity index is 780. The van der Waals surface area contributed by atoms with Gasteiger partial charge in [0, 0.05) is 0 Å². The number of hydrogen-bond donors (Lipinski definition) is 4. The fraction of sp³-hybridized carbons (Fsp3) is 0.471. The number of carbonyl (C=O) groups excluding carboxylic acids is 2. The number of nitrogens with one attached hydrogen (secondary N) is 1. The number of aromatic hydroxyl groups is 1. The van der Waals surface area contributed by atoms with Gasteiger partial charge in [0.1, 0.15) is 0 Å². The van der Waals surface area contributed by atoms with Crippen molar-refractivity contribution in [2.45, 2.75) is 31.3 Å². The van der Waals surface area contributed by atoms with Gasteiger partial charge in [-0.3, -0.25) is 4.79 Å². The number of amides is 2. The summed E-state index contributed by atoms with van der Waals surface area (Å²) < 4.78 is 16.1. The molecule has 0 saturated carbocycles. The van der Waals surface area contributed by atoms with Crippen LogP contribution in [0.4, 0.5) is 0 Å². The first-order valence-corrected chi connectivity index (χ1v) is 8.71. The Kier molecular flexibility index (Phi) is 7.10. The van der Waals surface area contributed by atoms with Gasteiger partial charge in [0.15, 0.2) is 0 Å².